The highest BCUT2D eigenvalue weighted by Crippen LogP contribution is 2.49. The van der Waals surface area contributed by atoms with E-state index >= 15 is 0 Å². The molecule has 0 aromatic carbocycles. The summed E-state index contributed by atoms with van der Waals surface area (Å²) >= 11 is 0. The number of allylic oxidation sites excluding steroid dienone is 1. The van der Waals surface area contributed by atoms with Crippen LogP contribution in [0.25, 0.3) is 0 Å². The molecular weight excluding hydrogens is 340 g/mol. The third-order valence-electron chi connectivity index (χ3n) is 5.07. The third-order valence-corrected chi connectivity index (χ3v) is 5.07. The number of carbonyl (C=O) groups excluding carboxylic acids is 3. The Bertz CT molecular complexity index is 705. The van der Waals surface area contributed by atoms with Crippen LogP contribution < -0.4 is 0 Å². The van der Waals surface area contributed by atoms with Gasteiger partial charge < -0.3 is 18.9 Å². The van der Waals surface area contributed by atoms with Crippen molar-refractivity contribution >= 4 is 17.9 Å². The quantitative estimate of drug-likeness (QED) is 0.327. The highest BCUT2D eigenvalue weighted by atomic mass is 16.6. The van der Waals surface area contributed by atoms with Crippen LogP contribution in [0.15, 0.2) is 22.8 Å². The van der Waals surface area contributed by atoms with E-state index in [1.807, 2.05) is 13.8 Å². The molecule has 3 rings (SSSR count). The molecule has 0 spiro atoms. The molecule has 1 fully saturated rings. The molecule has 7 nitrogen and oxygen atoms in total. The molecule has 0 bridgehead atoms. The summed E-state index contributed by atoms with van der Waals surface area (Å²) in [6, 6.07) is 0. The first-order chi connectivity index (χ1) is 12.2. The fraction of sp³-hybridized carbons (Fsp3) is 0.632. The van der Waals surface area contributed by atoms with Gasteiger partial charge in [-0.15, -0.1) is 0 Å². The van der Waals surface area contributed by atoms with Crippen LogP contribution in [-0.2, 0) is 33.3 Å². The number of epoxide rings is 1. The topological polar surface area (TPSA) is 91.4 Å². The molecule has 2 aliphatic heterocycles. The van der Waals surface area contributed by atoms with E-state index in [-0.39, 0.29) is 23.9 Å². The normalized spacial score (nSPS) is 35.5. The molecule has 0 aromatic rings. The summed E-state index contributed by atoms with van der Waals surface area (Å²) in [4.78, 5) is 35.3. The smallest absolute Gasteiger partial charge is 0.338 e. The molecule has 3 aliphatic rings. The van der Waals surface area contributed by atoms with Gasteiger partial charge >= 0.3 is 17.9 Å². The molecule has 2 heterocycles. The van der Waals surface area contributed by atoms with Crippen LogP contribution in [0.3, 0.4) is 0 Å². The highest BCUT2D eigenvalue weighted by molar-refractivity contribution is 5.93. The molecule has 0 unspecified atom stereocenters. The Hall–Kier alpha value is -2.15. The fourth-order valence-corrected chi connectivity index (χ4v) is 3.69. The van der Waals surface area contributed by atoms with Gasteiger partial charge in [-0.1, -0.05) is 11.6 Å². The minimum Gasteiger partial charge on any atom is -0.461 e. The number of esters is 3. The summed E-state index contributed by atoms with van der Waals surface area (Å²) < 4.78 is 22.0. The Morgan fingerprint density at radius 1 is 1.31 bits per heavy atom. The maximum Gasteiger partial charge on any atom is 0.338 e. The first-order valence-electron chi connectivity index (χ1n) is 8.79. The summed E-state index contributed by atoms with van der Waals surface area (Å²) in [5.41, 5.74) is 1.45. The van der Waals surface area contributed by atoms with Crippen molar-refractivity contribution in [2.75, 3.05) is 6.61 Å². The van der Waals surface area contributed by atoms with Gasteiger partial charge in [0.15, 0.2) is 6.10 Å². The van der Waals surface area contributed by atoms with Crippen LogP contribution in [-0.4, -0.2) is 48.4 Å². The largest absolute Gasteiger partial charge is 0.461 e. The Morgan fingerprint density at radius 2 is 2.04 bits per heavy atom. The molecule has 26 heavy (non-hydrogen) atoms. The Morgan fingerprint density at radius 3 is 2.69 bits per heavy atom. The van der Waals surface area contributed by atoms with E-state index in [2.05, 4.69) is 6.08 Å². The predicted octanol–water partition coefficient (Wildman–Crippen LogP) is 1.99. The number of rotatable bonds is 3. The van der Waals surface area contributed by atoms with Gasteiger partial charge in [0.05, 0.1) is 11.2 Å². The summed E-state index contributed by atoms with van der Waals surface area (Å²) in [6.07, 6.45) is 2.63. The molecule has 0 amide bonds. The lowest BCUT2D eigenvalue weighted by Crippen LogP contribution is -2.33. The third kappa shape index (κ3) is 3.67. The summed E-state index contributed by atoms with van der Waals surface area (Å²) in [5, 5.41) is 0. The molecule has 0 N–H and O–H groups in total. The van der Waals surface area contributed by atoms with Crippen LogP contribution in [0.5, 0.6) is 0 Å². The first kappa shape index (κ1) is 18.6. The van der Waals surface area contributed by atoms with Crippen LogP contribution in [0.4, 0.5) is 0 Å². The van der Waals surface area contributed by atoms with Crippen molar-refractivity contribution in [1.29, 1.82) is 0 Å². The highest BCUT2D eigenvalue weighted by Gasteiger charge is 2.61. The maximum atomic E-state index is 12.4. The van der Waals surface area contributed by atoms with Crippen molar-refractivity contribution < 1.29 is 33.3 Å². The van der Waals surface area contributed by atoms with Gasteiger partial charge in [0.25, 0.3) is 0 Å². The van der Waals surface area contributed by atoms with Crippen molar-refractivity contribution in [3.05, 3.63) is 22.8 Å². The van der Waals surface area contributed by atoms with Crippen molar-refractivity contribution in [2.24, 2.45) is 0 Å². The zero-order valence-electron chi connectivity index (χ0n) is 15.5. The Kier molecular flexibility index (Phi) is 4.92. The molecule has 1 aliphatic carbocycles. The van der Waals surface area contributed by atoms with Gasteiger partial charge in [-0.2, -0.15) is 0 Å². The van der Waals surface area contributed by atoms with Crippen LogP contribution in [0.1, 0.15) is 47.0 Å². The average Bonchev–Trinajstić information content (AvgIpc) is 3.07. The minimum absolute atomic E-state index is 0.204. The summed E-state index contributed by atoms with van der Waals surface area (Å²) in [7, 11) is 0. The zero-order chi connectivity index (χ0) is 19.1. The predicted molar refractivity (Wildman–Crippen MR) is 90.0 cm³/mol. The second-order valence-electron chi connectivity index (χ2n) is 7.28. The van der Waals surface area contributed by atoms with Gasteiger partial charge in [0.1, 0.15) is 18.8 Å². The number of hydrogen-bond acceptors (Lipinski definition) is 7. The van der Waals surface area contributed by atoms with Crippen LogP contribution >= 0.6 is 0 Å². The lowest BCUT2D eigenvalue weighted by Gasteiger charge is -2.24. The molecule has 4 atom stereocenters. The lowest BCUT2D eigenvalue weighted by atomic mass is 9.87. The van der Waals surface area contributed by atoms with Gasteiger partial charge in [0.2, 0.25) is 0 Å². The lowest BCUT2D eigenvalue weighted by molar-refractivity contribution is -0.145. The molecule has 142 valence electrons. The van der Waals surface area contributed by atoms with E-state index in [4.69, 9.17) is 18.9 Å². The molecule has 1 saturated heterocycles. The van der Waals surface area contributed by atoms with E-state index in [0.717, 1.165) is 18.4 Å². The zero-order valence-corrected chi connectivity index (χ0v) is 15.5. The van der Waals surface area contributed by atoms with Gasteiger partial charge in [-0.25, -0.2) is 4.79 Å². The monoisotopic (exact) mass is 364 g/mol. The van der Waals surface area contributed by atoms with Gasteiger partial charge in [-0.05, 0) is 26.7 Å². The molecule has 0 aromatic heterocycles. The molecule has 7 heteroatoms. The number of carbonyl (C=O) groups is 3. The molecule has 0 saturated carbocycles. The average molecular weight is 364 g/mol. The maximum absolute atomic E-state index is 12.4. The van der Waals surface area contributed by atoms with E-state index in [0.29, 0.717) is 12.0 Å². The van der Waals surface area contributed by atoms with E-state index < -0.39 is 30.1 Å². The number of ether oxygens (including phenoxy) is 4. The number of fused-ring (bicyclic) bond motifs is 3. The van der Waals surface area contributed by atoms with Crippen molar-refractivity contribution in [2.45, 2.75) is 70.9 Å². The van der Waals surface area contributed by atoms with Crippen molar-refractivity contribution in [3.8, 4) is 0 Å². The Balaban J connectivity index is 2.03. The minimum atomic E-state index is -0.655. The SMILES string of the molecule is CC(=O)OCC1=C2[C@@H](OC(C)=O)C/C(C)=C/CC[C@@]3(C)O[C@@H]3[C@H]2OC1=O. The van der Waals surface area contributed by atoms with Crippen molar-refractivity contribution in [1.82, 2.24) is 0 Å². The van der Waals surface area contributed by atoms with E-state index in [1.54, 1.807) is 0 Å². The van der Waals surface area contributed by atoms with Gasteiger partial charge in [0, 0.05) is 25.8 Å². The first-order valence-corrected chi connectivity index (χ1v) is 8.79. The summed E-state index contributed by atoms with van der Waals surface area (Å²) in [6.45, 7) is 6.34. The standard InChI is InChI=1S/C19H24O7/c1-10-6-5-7-19(4)17(26-19)16-15(14(8-10)24-12(3)21)13(18(22)25-16)9-23-11(2)20/h6,14,16-17H,5,7-9H2,1-4H3/b10-6+/t14-,16-,17+,19+/m0/s1. The Labute approximate surface area is 152 Å². The van der Waals surface area contributed by atoms with E-state index in [9.17, 15) is 14.4 Å². The second-order valence-corrected chi connectivity index (χ2v) is 7.28. The summed E-state index contributed by atoms with van der Waals surface area (Å²) in [5.74, 6) is -1.50. The van der Waals surface area contributed by atoms with Crippen LogP contribution in [0, 0.1) is 0 Å². The van der Waals surface area contributed by atoms with Gasteiger partial charge in [-0.3, -0.25) is 9.59 Å². The fourth-order valence-electron chi connectivity index (χ4n) is 3.69. The molecule has 0 radical (unpaired) electrons. The molecular formula is C19H24O7. The van der Waals surface area contributed by atoms with E-state index in [1.165, 1.54) is 13.8 Å². The van der Waals surface area contributed by atoms with Crippen molar-refractivity contribution in [3.63, 3.8) is 0 Å². The van der Waals surface area contributed by atoms with Crippen LogP contribution in [0.2, 0.25) is 0 Å². The second kappa shape index (κ2) is 6.87. The number of hydrogen-bond donors (Lipinski definition) is 0.